The van der Waals surface area contributed by atoms with Crippen LogP contribution in [0.5, 0.6) is 0 Å². The molecule has 3 aromatic rings. The van der Waals surface area contributed by atoms with Gasteiger partial charge in [-0.1, -0.05) is 73.2 Å². The third kappa shape index (κ3) is 4.59. The molecule has 0 aliphatic carbocycles. The van der Waals surface area contributed by atoms with E-state index in [0.717, 1.165) is 11.1 Å². The monoisotopic (exact) mass is 480 g/mol. The highest BCUT2D eigenvalue weighted by molar-refractivity contribution is 7.07. The van der Waals surface area contributed by atoms with Crippen LogP contribution in [0.2, 0.25) is 5.02 Å². The summed E-state index contributed by atoms with van der Waals surface area (Å²) in [5.74, 6) is -0.0779. The third-order valence-electron chi connectivity index (χ3n) is 5.60. The zero-order valence-electron chi connectivity index (χ0n) is 19.0. The first-order chi connectivity index (χ1) is 15.8. The van der Waals surface area contributed by atoms with Crippen LogP contribution < -0.4 is 14.9 Å². The molecule has 7 heteroatoms. The Labute approximate surface area is 201 Å². The molecule has 2 aromatic carbocycles. The maximum Gasteiger partial charge on any atom is 0.338 e. The Morgan fingerprint density at radius 1 is 1.18 bits per heavy atom. The summed E-state index contributed by atoms with van der Waals surface area (Å²) in [6.45, 7) is 8.06. The first-order valence-electron chi connectivity index (χ1n) is 10.8. The van der Waals surface area contributed by atoms with E-state index in [-0.39, 0.29) is 12.2 Å². The Balaban J connectivity index is 1.92. The summed E-state index contributed by atoms with van der Waals surface area (Å²) in [6, 6.07) is 14.7. The number of thiazole rings is 1. The lowest BCUT2D eigenvalue weighted by atomic mass is 9.93. The first-order valence-corrected chi connectivity index (χ1v) is 12.0. The number of esters is 1. The summed E-state index contributed by atoms with van der Waals surface area (Å²) in [6.07, 6.45) is 1.82. The van der Waals surface area contributed by atoms with Gasteiger partial charge in [0.15, 0.2) is 4.80 Å². The SMILES string of the molecule is CCOC(=O)C1=C(C)N=c2s/c(=C\c3ccc(Cl)cc3)c(=O)n2[C@@H]1c1ccc(C(C)C)cc1. The molecule has 0 fully saturated rings. The van der Waals surface area contributed by atoms with Gasteiger partial charge in [-0.3, -0.25) is 9.36 Å². The molecule has 2 heterocycles. The fourth-order valence-electron chi connectivity index (χ4n) is 3.88. The molecule has 0 spiro atoms. The summed E-state index contributed by atoms with van der Waals surface area (Å²) < 4.78 is 7.49. The second-order valence-corrected chi connectivity index (χ2v) is 9.62. The van der Waals surface area contributed by atoms with Crippen LogP contribution in [0, 0.1) is 0 Å². The Bertz CT molecular complexity index is 1400. The number of carbonyl (C=O) groups excluding carboxylic acids is 1. The number of hydrogen-bond donors (Lipinski definition) is 0. The molecule has 0 N–H and O–H groups in total. The van der Waals surface area contributed by atoms with Crippen LogP contribution in [0.3, 0.4) is 0 Å². The van der Waals surface area contributed by atoms with Crippen molar-refractivity contribution in [2.24, 2.45) is 4.99 Å². The van der Waals surface area contributed by atoms with E-state index in [4.69, 9.17) is 16.3 Å². The zero-order chi connectivity index (χ0) is 23.7. The Morgan fingerprint density at radius 2 is 1.85 bits per heavy atom. The number of halogens is 1. The van der Waals surface area contributed by atoms with Gasteiger partial charge in [0, 0.05) is 5.02 Å². The minimum atomic E-state index is -0.603. The maximum atomic E-state index is 13.6. The number of allylic oxidation sites excluding steroid dienone is 1. The second kappa shape index (κ2) is 9.49. The van der Waals surface area contributed by atoms with Crippen LogP contribution in [0.1, 0.15) is 56.3 Å². The molecular weight excluding hydrogens is 456 g/mol. The largest absolute Gasteiger partial charge is 0.463 e. The van der Waals surface area contributed by atoms with E-state index in [1.165, 1.54) is 16.9 Å². The predicted octanol–water partition coefficient (Wildman–Crippen LogP) is 4.58. The van der Waals surface area contributed by atoms with Crippen LogP contribution in [-0.4, -0.2) is 17.1 Å². The number of benzene rings is 2. The van der Waals surface area contributed by atoms with Gasteiger partial charge in [0.05, 0.1) is 28.5 Å². The molecule has 5 nitrogen and oxygen atoms in total. The number of fused-ring (bicyclic) bond motifs is 1. The average Bonchev–Trinajstić information content (AvgIpc) is 3.09. The van der Waals surface area contributed by atoms with Crippen LogP contribution >= 0.6 is 22.9 Å². The molecule has 33 heavy (non-hydrogen) atoms. The van der Waals surface area contributed by atoms with Gasteiger partial charge in [-0.15, -0.1) is 0 Å². The molecule has 0 unspecified atom stereocenters. The third-order valence-corrected chi connectivity index (χ3v) is 6.84. The summed E-state index contributed by atoms with van der Waals surface area (Å²) in [5.41, 5.74) is 3.65. The van der Waals surface area contributed by atoms with Crippen LogP contribution in [0.25, 0.3) is 6.08 Å². The molecule has 0 radical (unpaired) electrons. The number of ether oxygens (including phenoxy) is 1. The van der Waals surface area contributed by atoms with Crippen LogP contribution in [-0.2, 0) is 9.53 Å². The topological polar surface area (TPSA) is 60.7 Å². The molecule has 0 saturated carbocycles. The first kappa shape index (κ1) is 23.2. The van der Waals surface area contributed by atoms with Crippen molar-refractivity contribution in [2.45, 2.75) is 39.7 Å². The molecule has 1 atom stereocenters. The van der Waals surface area contributed by atoms with E-state index < -0.39 is 12.0 Å². The number of hydrogen-bond acceptors (Lipinski definition) is 5. The summed E-state index contributed by atoms with van der Waals surface area (Å²) in [4.78, 5) is 31.7. The van der Waals surface area contributed by atoms with E-state index in [1.54, 1.807) is 30.5 Å². The van der Waals surface area contributed by atoms with Crippen molar-refractivity contribution in [1.82, 2.24) is 4.57 Å². The van der Waals surface area contributed by atoms with Gasteiger partial charge >= 0.3 is 5.97 Å². The highest BCUT2D eigenvalue weighted by Gasteiger charge is 2.33. The summed E-state index contributed by atoms with van der Waals surface area (Å²) >= 11 is 7.30. The van der Waals surface area contributed by atoms with Crippen molar-refractivity contribution in [3.05, 3.63) is 101 Å². The van der Waals surface area contributed by atoms with Crippen molar-refractivity contribution >= 4 is 35.0 Å². The van der Waals surface area contributed by atoms with E-state index in [2.05, 4.69) is 18.8 Å². The Morgan fingerprint density at radius 3 is 2.45 bits per heavy atom. The smallest absolute Gasteiger partial charge is 0.338 e. The van der Waals surface area contributed by atoms with Gasteiger partial charge < -0.3 is 4.74 Å². The van der Waals surface area contributed by atoms with Crippen molar-refractivity contribution < 1.29 is 9.53 Å². The molecular formula is C26H25ClN2O3S. The van der Waals surface area contributed by atoms with Crippen LogP contribution in [0.4, 0.5) is 0 Å². The molecule has 0 bridgehead atoms. The maximum absolute atomic E-state index is 13.6. The van der Waals surface area contributed by atoms with Crippen molar-refractivity contribution in [2.75, 3.05) is 6.61 Å². The van der Waals surface area contributed by atoms with E-state index in [0.29, 0.717) is 31.5 Å². The van der Waals surface area contributed by atoms with Gasteiger partial charge in [-0.25, -0.2) is 9.79 Å². The molecule has 0 saturated heterocycles. The highest BCUT2D eigenvalue weighted by atomic mass is 35.5. The van der Waals surface area contributed by atoms with Crippen LogP contribution in [0.15, 0.2) is 69.6 Å². The summed E-state index contributed by atoms with van der Waals surface area (Å²) in [7, 11) is 0. The standard InChI is InChI=1S/C26H25ClN2O3S/c1-5-32-25(31)22-16(4)28-26-29(23(22)19-10-8-18(9-11-19)15(2)3)24(30)21(33-26)14-17-6-12-20(27)13-7-17/h6-15,23H,5H2,1-4H3/b21-14-/t23-/m1/s1. The summed E-state index contributed by atoms with van der Waals surface area (Å²) in [5, 5.41) is 0.633. The van der Waals surface area contributed by atoms with E-state index in [1.807, 2.05) is 42.5 Å². The van der Waals surface area contributed by atoms with Gasteiger partial charge in [0.1, 0.15) is 0 Å². The lowest BCUT2D eigenvalue weighted by Gasteiger charge is -2.25. The Hall–Kier alpha value is -2.96. The number of aromatic nitrogens is 1. The minimum absolute atomic E-state index is 0.194. The minimum Gasteiger partial charge on any atom is -0.463 e. The zero-order valence-corrected chi connectivity index (χ0v) is 20.5. The number of nitrogens with zero attached hydrogens (tertiary/aromatic N) is 2. The molecule has 4 rings (SSSR count). The van der Waals surface area contributed by atoms with Crippen molar-refractivity contribution in [1.29, 1.82) is 0 Å². The van der Waals surface area contributed by atoms with Gasteiger partial charge in [-0.05, 0) is 54.7 Å². The average molecular weight is 481 g/mol. The fourth-order valence-corrected chi connectivity index (χ4v) is 5.05. The second-order valence-electron chi connectivity index (χ2n) is 8.18. The quantitative estimate of drug-likeness (QED) is 0.502. The predicted molar refractivity (Wildman–Crippen MR) is 132 cm³/mol. The normalized spacial score (nSPS) is 16.1. The van der Waals surface area contributed by atoms with Crippen molar-refractivity contribution in [3.8, 4) is 0 Å². The molecule has 0 amide bonds. The molecule has 1 aliphatic heterocycles. The van der Waals surface area contributed by atoms with Gasteiger partial charge in [0.2, 0.25) is 0 Å². The van der Waals surface area contributed by atoms with E-state index >= 15 is 0 Å². The number of rotatable bonds is 5. The fraction of sp³-hybridized carbons (Fsp3) is 0.269. The van der Waals surface area contributed by atoms with Crippen molar-refractivity contribution in [3.63, 3.8) is 0 Å². The highest BCUT2D eigenvalue weighted by Crippen LogP contribution is 2.31. The lowest BCUT2D eigenvalue weighted by molar-refractivity contribution is -0.139. The molecule has 170 valence electrons. The number of carbonyl (C=O) groups is 1. The molecule has 1 aromatic heterocycles. The van der Waals surface area contributed by atoms with Gasteiger partial charge in [-0.2, -0.15) is 0 Å². The van der Waals surface area contributed by atoms with E-state index in [9.17, 15) is 9.59 Å². The van der Waals surface area contributed by atoms with Gasteiger partial charge in [0.25, 0.3) is 5.56 Å². The molecule has 1 aliphatic rings. The lowest BCUT2D eigenvalue weighted by Crippen LogP contribution is -2.39. The Kier molecular flexibility index (Phi) is 6.68.